The van der Waals surface area contributed by atoms with Gasteiger partial charge in [-0.15, -0.1) is 0 Å². The summed E-state index contributed by atoms with van der Waals surface area (Å²) >= 11 is 0. The average molecular weight is 246 g/mol. The van der Waals surface area contributed by atoms with Gasteiger partial charge in [-0.1, -0.05) is 12.1 Å². The Morgan fingerprint density at radius 2 is 2.17 bits per heavy atom. The number of hydrogen-bond acceptors (Lipinski definition) is 3. The molecule has 1 heterocycles. The van der Waals surface area contributed by atoms with Crippen LogP contribution < -0.4 is 15.0 Å². The summed E-state index contributed by atoms with van der Waals surface area (Å²) in [6.45, 7) is 6.32. The molecule has 1 atom stereocenters. The van der Waals surface area contributed by atoms with Crippen molar-refractivity contribution < 1.29 is 4.74 Å². The predicted molar refractivity (Wildman–Crippen MR) is 74.3 cm³/mol. The monoisotopic (exact) mass is 246 g/mol. The highest BCUT2D eigenvalue weighted by molar-refractivity contribution is 5.59. The molecule has 98 valence electrons. The predicted octanol–water partition coefficient (Wildman–Crippen LogP) is 2.27. The molecule has 0 bridgehead atoms. The van der Waals surface area contributed by atoms with Gasteiger partial charge in [-0.2, -0.15) is 0 Å². The minimum Gasteiger partial charge on any atom is -0.491 e. The molecule has 1 aromatic rings. The van der Waals surface area contributed by atoms with Crippen LogP contribution in [0.5, 0.6) is 5.75 Å². The summed E-state index contributed by atoms with van der Waals surface area (Å²) in [4.78, 5) is 2.46. The molecule has 3 rings (SSSR count). The molecule has 0 amide bonds. The van der Waals surface area contributed by atoms with E-state index in [4.69, 9.17) is 4.74 Å². The summed E-state index contributed by atoms with van der Waals surface area (Å²) < 4.78 is 6.00. The summed E-state index contributed by atoms with van der Waals surface area (Å²) in [7, 11) is 0. The van der Waals surface area contributed by atoms with Crippen LogP contribution in [-0.4, -0.2) is 32.3 Å². The number of hydrogen-bond donors (Lipinski definition) is 1. The normalized spacial score (nSPS) is 24.1. The van der Waals surface area contributed by atoms with Crippen LogP contribution >= 0.6 is 0 Å². The van der Waals surface area contributed by atoms with E-state index in [0.29, 0.717) is 6.04 Å². The molecule has 1 aromatic carbocycles. The molecular formula is C15H22N2O. The summed E-state index contributed by atoms with van der Waals surface area (Å²) in [6.07, 6.45) is 2.68. The maximum Gasteiger partial charge on any atom is 0.142 e. The maximum absolute atomic E-state index is 6.00. The standard InChI is InChI=1S/C15H22N2O/c1-12-10-16-8-9-17(12)14-4-2-3-5-15(14)18-11-13-6-7-13/h2-5,12-13,16H,6-11H2,1H3. The first-order valence-electron chi connectivity index (χ1n) is 7.04. The SMILES string of the molecule is CC1CNCCN1c1ccccc1OCC1CC1. The van der Waals surface area contributed by atoms with E-state index in [1.165, 1.54) is 18.5 Å². The second kappa shape index (κ2) is 5.19. The number of benzene rings is 1. The van der Waals surface area contributed by atoms with E-state index in [9.17, 15) is 0 Å². The zero-order chi connectivity index (χ0) is 12.4. The molecule has 1 aliphatic carbocycles. The lowest BCUT2D eigenvalue weighted by atomic mass is 10.1. The molecule has 3 heteroatoms. The number of rotatable bonds is 4. The fourth-order valence-corrected chi connectivity index (χ4v) is 2.51. The number of nitrogens with one attached hydrogen (secondary N) is 1. The number of anilines is 1. The Balaban J connectivity index is 1.75. The minimum atomic E-state index is 0.532. The third-order valence-corrected chi connectivity index (χ3v) is 3.85. The first kappa shape index (κ1) is 11.8. The zero-order valence-electron chi connectivity index (χ0n) is 11.1. The fraction of sp³-hybridized carbons (Fsp3) is 0.600. The van der Waals surface area contributed by atoms with Crippen molar-refractivity contribution in [3.05, 3.63) is 24.3 Å². The highest BCUT2D eigenvalue weighted by atomic mass is 16.5. The Morgan fingerprint density at radius 3 is 2.94 bits per heavy atom. The molecule has 0 spiro atoms. The minimum absolute atomic E-state index is 0.532. The van der Waals surface area contributed by atoms with Crippen molar-refractivity contribution in [3.63, 3.8) is 0 Å². The maximum atomic E-state index is 6.00. The molecule has 1 saturated carbocycles. The van der Waals surface area contributed by atoms with Gasteiger partial charge in [0, 0.05) is 25.7 Å². The number of piperazine rings is 1. The third-order valence-electron chi connectivity index (χ3n) is 3.85. The zero-order valence-corrected chi connectivity index (χ0v) is 11.1. The average Bonchev–Trinajstić information content (AvgIpc) is 3.22. The fourth-order valence-electron chi connectivity index (χ4n) is 2.51. The van der Waals surface area contributed by atoms with E-state index in [1.807, 2.05) is 0 Å². The van der Waals surface area contributed by atoms with Crippen molar-refractivity contribution >= 4 is 5.69 Å². The summed E-state index contributed by atoms with van der Waals surface area (Å²) in [5.74, 6) is 1.86. The van der Waals surface area contributed by atoms with Gasteiger partial charge in [0.1, 0.15) is 5.75 Å². The van der Waals surface area contributed by atoms with Crippen LogP contribution in [0.1, 0.15) is 19.8 Å². The van der Waals surface area contributed by atoms with Crippen LogP contribution in [0, 0.1) is 5.92 Å². The smallest absolute Gasteiger partial charge is 0.142 e. The molecule has 1 N–H and O–H groups in total. The molecule has 2 fully saturated rings. The van der Waals surface area contributed by atoms with Gasteiger partial charge < -0.3 is 15.0 Å². The van der Waals surface area contributed by atoms with Gasteiger partial charge in [-0.05, 0) is 37.8 Å². The molecule has 3 nitrogen and oxygen atoms in total. The van der Waals surface area contributed by atoms with Crippen molar-refractivity contribution in [2.45, 2.75) is 25.8 Å². The molecule has 1 saturated heterocycles. The van der Waals surface area contributed by atoms with Crippen molar-refractivity contribution in [1.29, 1.82) is 0 Å². The van der Waals surface area contributed by atoms with Crippen molar-refractivity contribution in [1.82, 2.24) is 5.32 Å². The third kappa shape index (κ3) is 2.61. The van der Waals surface area contributed by atoms with Gasteiger partial charge >= 0.3 is 0 Å². The molecule has 18 heavy (non-hydrogen) atoms. The second-order valence-corrected chi connectivity index (χ2v) is 5.47. The second-order valence-electron chi connectivity index (χ2n) is 5.47. The van der Waals surface area contributed by atoms with Gasteiger partial charge in [-0.25, -0.2) is 0 Å². The molecular weight excluding hydrogens is 224 g/mol. The molecule has 1 unspecified atom stereocenters. The highest BCUT2D eigenvalue weighted by Crippen LogP contribution is 2.33. The molecule has 0 radical (unpaired) electrons. The van der Waals surface area contributed by atoms with Gasteiger partial charge in [0.25, 0.3) is 0 Å². The van der Waals surface area contributed by atoms with Crippen molar-refractivity contribution in [3.8, 4) is 5.75 Å². The lowest BCUT2D eigenvalue weighted by Gasteiger charge is -2.36. The summed E-state index contributed by atoms with van der Waals surface area (Å²) in [5.41, 5.74) is 1.26. The van der Waals surface area contributed by atoms with Crippen molar-refractivity contribution in [2.24, 2.45) is 5.92 Å². The topological polar surface area (TPSA) is 24.5 Å². The Hall–Kier alpha value is -1.22. The van der Waals surface area contributed by atoms with Crippen LogP contribution in [0.3, 0.4) is 0 Å². The first-order chi connectivity index (χ1) is 8.84. The summed E-state index contributed by atoms with van der Waals surface area (Å²) in [6, 6.07) is 8.99. The van der Waals surface area contributed by atoms with Crippen LogP contribution in [0.4, 0.5) is 5.69 Å². The quantitative estimate of drug-likeness (QED) is 0.882. The molecule has 0 aromatic heterocycles. The Kier molecular flexibility index (Phi) is 3.41. The largest absolute Gasteiger partial charge is 0.491 e. The van der Waals surface area contributed by atoms with Crippen molar-refractivity contribution in [2.75, 3.05) is 31.1 Å². The van der Waals surface area contributed by atoms with Crippen LogP contribution in [0.2, 0.25) is 0 Å². The lowest BCUT2D eigenvalue weighted by molar-refractivity contribution is 0.299. The molecule has 1 aliphatic heterocycles. The number of ether oxygens (including phenoxy) is 1. The Labute approximate surface area is 109 Å². The lowest BCUT2D eigenvalue weighted by Crippen LogP contribution is -2.50. The van der Waals surface area contributed by atoms with Crippen LogP contribution in [-0.2, 0) is 0 Å². The van der Waals surface area contributed by atoms with E-state index in [0.717, 1.165) is 37.9 Å². The van der Waals surface area contributed by atoms with E-state index in [1.54, 1.807) is 0 Å². The van der Waals surface area contributed by atoms with Crippen LogP contribution in [0.25, 0.3) is 0 Å². The van der Waals surface area contributed by atoms with Gasteiger partial charge in [-0.3, -0.25) is 0 Å². The number of para-hydroxylation sites is 2. The Morgan fingerprint density at radius 1 is 1.33 bits per heavy atom. The Bertz CT molecular complexity index is 403. The van der Waals surface area contributed by atoms with Crippen LogP contribution in [0.15, 0.2) is 24.3 Å². The van der Waals surface area contributed by atoms with Gasteiger partial charge in [0.05, 0.1) is 12.3 Å². The molecule has 2 aliphatic rings. The van der Waals surface area contributed by atoms with Gasteiger partial charge in [0.15, 0.2) is 0 Å². The number of nitrogens with zero attached hydrogens (tertiary/aromatic N) is 1. The summed E-state index contributed by atoms with van der Waals surface area (Å²) in [5, 5.41) is 3.43. The first-order valence-corrected chi connectivity index (χ1v) is 7.04. The van der Waals surface area contributed by atoms with E-state index >= 15 is 0 Å². The van der Waals surface area contributed by atoms with E-state index in [-0.39, 0.29) is 0 Å². The van der Waals surface area contributed by atoms with E-state index in [2.05, 4.69) is 41.4 Å². The van der Waals surface area contributed by atoms with Gasteiger partial charge in [0.2, 0.25) is 0 Å². The highest BCUT2D eigenvalue weighted by Gasteiger charge is 2.24. The van der Waals surface area contributed by atoms with E-state index < -0.39 is 0 Å².